The Bertz CT molecular complexity index is 435. The van der Waals surface area contributed by atoms with E-state index in [2.05, 4.69) is 11.8 Å². The average Bonchev–Trinajstić information content (AvgIpc) is 2.41. The number of aryl methyl sites for hydroxylation is 1. The van der Waals surface area contributed by atoms with E-state index in [1.54, 1.807) is 6.07 Å². The molecule has 0 amide bonds. The molecule has 1 aliphatic heterocycles. The van der Waals surface area contributed by atoms with E-state index in [4.69, 9.17) is 5.73 Å². The van der Waals surface area contributed by atoms with E-state index < -0.39 is 0 Å². The van der Waals surface area contributed by atoms with E-state index in [9.17, 15) is 4.39 Å². The van der Waals surface area contributed by atoms with Gasteiger partial charge in [-0.3, -0.25) is 0 Å². The maximum absolute atomic E-state index is 13.7. The average molecular weight is 264 g/mol. The summed E-state index contributed by atoms with van der Waals surface area (Å²) in [7, 11) is 0. The summed E-state index contributed by atoms with van der Waals surface area (Å²) in [4.78, 5) is 2.37. The molecule has 1 aromatic carbocycles. The lowest BCUT2D eigenvalue weighted by molar-refractivity contribution is 0.394. The second-order valence-corrected chi connectivity index (χ2v) is 5.79. The predicted octanol–water partition coefficient (Wildman–Crippen LogP) is 3.78. The minimum atomic E-state index is -0.153. The molecule has 1 saturated heterocycles. The van der Waals surface area contributed by atoms with Crippen molar-refractivity contribution in [2.24, 2.45) is 11.7 Å². The smallest absolute Gasteiger partial charge is 0.126 e. The number of anilines is 1. The molecule has 0 aromatic heterocycles. The van der Waals surface area contributed by atoms with Gasteiger partial charge in [0.05, 0.1) is 0 Å². The lowest BCUT2D eigenvalue weighted by Gasteiger charge is -2.35. The first kappa shape index (κ1) is 14.3. The minimum Gasteiger partial charge on any atom is -0.371 e. The number of hydrogen-bond acceptors (Lipinski definition) is 2. The minimum absolute atomic E-state index is 0.131. The van der Waals surface area contributed by atoms with Crippen molar-refractivity contribution in [1.29, 1.82) is 0 Å². The van der Waals surface area contributed by atoms with Crippen LogP contribution in [0, 0.1) is 18.7 Å². The molecule has 1 atom stereocenters. The van der Waals surface area contributed by atoms with Crippen LogP contribution in [0.1, 0.15) is 50.3 Å². The molecule has 19 heavy (non-hydrogen) atoms. The molecule has 0 aliphatic carbocycles. The Morgan fingerprint density at radius 2 is 2.00 bits per heavy atom. The van der Waals surface area contributed by atoms with Crippen LogP contribution in [0.15, 0.2) is 12.1 Å². The third-order valence-electron chi connectivity index (χ3n) is 4.33. The molecule has 0 bridgehead atoms. The SMILES string of the molecule is CCC1CCN(c2cc(C)c(F)cc2C(C)N)CC1. The van der Waals surface area contributed by atoms with Crippen molar-refractivity contribution in [3.05, 3.63) is 29.1 Å². The van der Waals surface area contributed by atoms with Crippen molar-refractivity contribution in [3.63, 3.8) is 0 Å². The lowest BCUT2D eigenvalue weighted by atomic mass is 9.93. The second kappa shape index (κ2) is 5.91. The monoisotopic (exact) mass is 264 g/mol. The van der Waals surface area contributed by atoms with Crippen LogP contribution in [-0.4, -0.2) is 13.1 Å². The number of piperidine rings is 1. The predicted molar refractivity (Wildman–Crippen MR) is 79.0 cm³/mol. The summed E-state index contributed by atoms with van der Waals surface area (Å²) in [6.07, 6.45) is 3.72. The third kappa shape index (κ3) is 3.08. The van der Waals surface area contributed by atoms with Crippen LogP contribution < -0.4 is 10.6 Å². The standard InChI is InChI=1S/C16H25FN2/c1-4-13-5-7-19(8-6-13)16-9-11(2)15(17)10-14(16)12(3)18/h9-10,12-13H,4-8,18H2,1-3H3. The van der Waals surface area contributed by atoms with Crippen molar-refractivity contribution in [2.45, 2.75) is 46.1 Å². The fourth-order valence-corrected chi connectivity index (χ4v) is 2.90. The highest BCUT2D eigenvalue weighted by atomic mass is 19.1. The summed E-state index contributed by atoms with van der Waals surface area (Å²) >= 11 is 0. The molecular weight excluding hydrogens is 239 g/mol. The number of nitrogens with zero attached hydrogens (tertiary/aromatic N) is 1. The summed E-state index contributed by atoms with van der Waals surface area (Å²) in [6.45, 7) is 8.12. The van der Waals surface area contributed by atoms with E-state index >= 15 is 0 Å². The normalized spacial score (nSPS) is 18.7. The molecule has 2 rings (SSSR count). The van der Waals surface area contributed by atoms with E-state index in [1.165, 1.54) is 19.3 Å². The fraction of sp³-hybridized carbons (Fsp3) is 0.625. The highest BCUT2D eigenvalue weighted by molar-refractivity contribution is 5.57. The van der Waals surface area contributed by atoms with Gasteiger partial charge in [0.15, 0.2) is 0 Å². The number of rotatable bonds is 3. The van der Waals surface area contributed by atoms with Crippen molar-refractivity contribution >= 4 is 5.69 Å². The van der Waals surface area contributed by atoms with E-state index in [0.29, 0.717) is 5.56 Å². The van der Waals surface area contributed by atoms with Crippen LogP contribution in [-0.2, 0) is 0 Å². The Kier molecular flexibility index (Phi) is 4.46. The summed E-state index contributed by atoms with van der Waals surface area (Å²) in [5.41, 5.74) is 8.76. The second-order valence-electron chi connectivity index (χ2n) is 5.79. The van der Waals surface area contributed by atoms with Crippen molar-refractivity contribution in [3.8, 4) is 0 Å². The highest BCUT2D eigenvalue weighted by Gasteiger charge is 2.21. The van der Waals surface area contributed by atoms with Gasteiger partial charge in [-0.15, -0.1) is 0 Å². The Morgan fingerprint density at radius 1 is 1.37 bits per heavy atom. The first-order chi connectivity index (χ1) is 9.02. The van der Waals surface area contributed by atoms with Gasteiger partial charge in [-0.05, 0) is 55.9 Å². The Hall–Kier alpha value is -1.09. The summed E-state index contributed by atoms with van der Waals surface area (Å²) in [6, 6.07) is 3.44. The van der Waals surface area contributed by atoms with Crippen LogP contribution >= 0.6 is 0 Å². The van der Waals surface area contributed by atoms with Crippen LogP contribution in [0.4, 0.5) is 10.1 Å². The molecule has 0 spiro atoms. The highest BCUT2D eigenvalue weighted by Crippen LogP contribution is 2.32. The fourth-order valence-electron chi connectivity index (χ4n) is 2.90. The van der Waals surface area contributed by atoms with Crippen LogP contribution in [0.5, 0.6) is 0 Å². The molecule has 1 aromatic rings. The summed E-state index contributed by atoms with van der Waals surface area (Å²) < 4.78 is 13.7. The lowest BCUT2D eigenvalue weighted by Crippen LogP contribution is -2.34. The zero-order valence-corrected chi connectivity index (χ0v) is 12.2. The zero-order chi connectivity index (χ0) is 14.0. The summed E-state index contributed by atoms with van der Waals surface area (Å²) in [5, 5.41) is 0. The van der Waals surface area contributed by atoms with Gasteiger partial charge in [-0.2, -0.15) is 0 Å². The molecule has 106 valence electrons. The van der Waals surface area contributed by atoms with Crippen LogP contribution in [0.25, 0.3) is 0 Å². The number of hydrogen-bond donors (Lipinski definition) is 1. The molecule has 1 heterocycles. The quantitative estimate of drug-likeness (QED) is 0.900. The third-order valence-corrected chi connectivity index (χ3v) is 4.33. The topological polar surface area (TPSA) is 29.3 Å². The van der Waals surface area contributed by atoms with Crippen molar-refractivity contribution in [1.82, 2.24) is 0 Å². The molecule has 1 fully saturated rings. The number of halogens is 1. The van der Waals surface area contributed by atoms with E-state index in [0.717, 1.165) is 30.3 Å². The Labute approximate surface area is 115 Å². The molecule has 3 heteroatoms. The van der Waals surface area contributed by atoms with Gasteiger partial charge >= 0.3 is 0 Å². The zero-order valence-electron chi connectivity index (χ0n) is 12.2. The number of benzene rings is 1. The van der Waals surface area contributed by atoms with Crippen LogP contribution in [0.3, 0.4) is 0 Å². The Balaban J connectivity index is 2.26. The van der Waals surface area contributed by atoms with Gasteiger partial charge in [0.1, 0.15) is 5.82 Å². The first-order valence-electron chi connectivity index (χ1n) is 7.33. The van der Waals surface area contributed by atoms with Gasteiger partial charge in [0.2, 0.25) is 0 Å². The molecule has 1 aliphatic rings. The van der Waals surface area contributed by atoms with Crippen molar-refractivity contribution < 1.29 is 4.39 Å². The number of nitrogens with two attached hydrogens (primary N) is 1. The molecule has 0 saturated carbocycles. The molecule has 1 unspecified atom stereocenters. The molecule has 2 nitrogen and oxygen atoms in total. The van der Waals surface area contributed by atoms with Crippen molar-refractivity contribution in [2.75, 3.05) is 18.0 Å². The van der Waals surface area contributed by atoms with E-state index in [1.807, 2.05) is 19.9 Å². The van der Waals surface area contributed by atoms with Gasteiger partial charge < -0.3 is 10.6 Å². The maximum atomic E-state index is 13.7. The largest absolute Gasteiger partial charge is 0.371 e. The van der Waals surface area contributed by atoms with Gasteiger partial charge in [0.25, 0.3) is 0 Å². The van der Waals surface area contributed by atoms with Gasteiger partial charge in [-0.1, -0.05) is 13.3 Å². The maximum Gasteiger partial charge on any atom is 0.126 e. The first-order valence-corrected chi connectivity index (χ1v) is 7.33. The summed E-state index contributed by atoms with van der Waals surface area (Å²) in [5.74, 6) is 0.691. The molecular formula is C16H25FN2. The van der Waals surface area contributed by atoms with Gasteiger partial charge in [0, 0.05) is 24.8 Å². The molecule has 2 N–H and O–H groups in total. The van der Waals surface area contributed by atoms with Crippen LogP contribution in [0.2, 0.25) is 0 Å². The van der Waals surface area contributed by atoms with Gasteiger partial charge in [-0.25, -0.2) is 4.39 Å². The van der Waals surface area contributed by atoms with E-state index in [-0.39, 0.29) is 11.9 Å². The molecule has 0 radical (unpaired) electrons. The Morgan fingerprint density at radius 3 is 2.53 bits per heavy atom.